The first-order valence-electron chi connectivity index (χ1n) is 15.7. The van der Waals surface area contributed by atoms with Crippen LogP contribution < -0.4 is 0 Å². The van der Waals surface area contributed by atoms with E-state index in [0.717, 1.165) is 33.9 Å². The van der Waals surface area contributed by atoms with Crippen molar-refractivity contribution < 1.29 is 0 Å². The molecule has 4 heterocycles. The van der Waals surface area contributed by atoms with Crippen molar-refractivity contribution in [3.05, 3.63) is 157 Å². The fraction of sp³-hybridized carbons (Fsp3) is 0.0476. The second-order valence-electron chi connectivity index (χ2n) is 12.1. The van der Waals surface area contributed by atoms with Crippen molar-refractivity contribution in [3.63, 3.8) is 0 Å². The van der Waals surface area contributed by atoms with Gasteiger partial charge in [0.15, 0.2) is 0 Å². The van der Waals surface area contributed by atoms with Gasteiger partial charge in [0.05, 0.1) is 33.5 Å². The minimum Gasteiger partial charge on any atom is -0.309 e. The summed E-state index contributed by atoms with van der Waals surface area (Å²) in [6, 6.07) is 48.0. The van der Waals surface area contributed by atoms with E-state index in [-0.39, 0.29) is 0 Å². The molecule has 9 aromatic rings. The molecule has 4 aromatic heterocycles. The van der Waals surface area contributed by atoms with Gasteiger partial charge in [-0.05, 0) is 98.8 Å². The highest BCUT2D eigenvalue weighted by atomic mass is 15.0. The van der Waals surface area contributed by atoms with Gasteiger partial charge in [0, 0.05) is 56.4 Å². The van der Waals surface area contributed by atoms with Gasteiger partial charge in [0.1, 0.15) is 0 Å². The average Bonchev–Trinajstić information content (AvgIpc) is 3.59. The number of aryl methyl sites for hydroxylation is 2. The fourth-order valence-corrected chi connectivity index (χ4v) is 6.93. The summed E-state index contributed by atoms with van der Waals surface area (Å²) in [5.74, 6) is 0. The first kappa shape index (κ1) is 26.4. The highest BCUT2D eigenvalue weighted by Crippen LogP contribution is 2.41. The SMILES string of the molecule is Cc1ccc(-n2c3ccc(-c4ccccn4)cc3c3cc4c5cc(C)ccc5n(-c5cccc(-c6ccccn6)c5)c4cc32)cc1. The van der Waals surface area contributed by atoms with Gasteiger partial charge < -0.3 is 9.13 Å². The first-order valence-corrected chi connectivity index (χ1v) is 15.7. The van der Waals surface area contributed by atoms with E-state index < -0.39 is 0 Å². The van der Waals surface area contributed by atoms with Crippen LogP contribution in [0.25, 0.3) is 77.5 Å². The van der Waals surface area contributed by atoms with Crippen molar-refractivity contribution in [2.24, 2.45) is 0 Å². The van der Waals surface area contributed by atoms with Crippen molar-refractivity contribution in [2.45, 2.75) is 13.8 Å². The zero-order chi connectivity index (χ0) is 30.8. The molecule has 0 radical (unpaired) electrons. The molecule has 0 amide bonds. The van der Waals surface area contributed by atoms with Gasteiger partial charge in [-0.3, -0.25) is 9.97 Å². The van der Waals surface area contributed by atoms with Gasteiger partial charge in [-0.1, -0.05) is 59.7 Å². The molecule has 0 bridgehead atoms. The molecule has 0 spiro atoms. The van der Waals surface area contributed by atoms with Crippen LogP contribution in [0.3, 0.4) is 0 Å². The molecule has 9 rings (SSSR count). The van der Waals surface area contributed by atoms with E-state index in [1.54, 1.807) is 0 Å². The van der Waals surface area contributed by atoms with Gasteiger partial charge in [-0.2, -0.15) is 0 Å². The van der Waals surface area contributed by atoms with Crippen LogP contribution >= 0.6 is 0 Å². The van der Waals surface area contributed by atoms with Crippen LogP contribution in [0.2, 0.25) is 0 Å². The predicted molar refractivity (Wildman–Crippen MR) is 191 cm³/mol. The zero-order valence-corrected chi connectivity index (χ0v) is 25.6. The van der Waals surface area contributed by atoms with E-state index in [1.165, 1.54) is 54.7 Å². The molecule has 0 atom stereocenters. The summed E-state index contributed by atoms with van der Waals surface area (Å²) in [6.45, 7) is 4.31. The molecule has 4 nitrogen and oxygen atoms in total. The summed E-state index contributed by atoms with van der Waals surface area (Å²) in [5.41, 5.74) is 13.6. The monoisotopic (exact) mass is 590 g/mol. The van der Waals surface area contributed by atoms with E-state index in [4.69, 9.17) is 0 Å². The van der Waals surface area contributed by atoms with E-state index >= 15 is 0 Å². The third-order valence-electron chi connectivity index (χ3n) is 9.12. The molecule has 0 aliphatic heterocycles. The maximum atomic E-state index is 4.66. The summed E-state index contributed by atoms with van der Waals surface area (Å²) in [5, 5.41) is 4.92. The highest BCUT2D eigenvalue weighted by molar-refractivity contribution is 6.19. The van der Waals surface area contributed by atoms with Crippen LogP contribution in [-0.4, -0.2) is 19.1 Å². The summed E-state index contributed by atoms with van der Waals surface area (Å²) in [7, 11) is 0. The standard InChI is InChI=1S/C42H30N4/c1-27-12-16-31(17-13-27)45-40-19-15-30(38-11-4-6-21-44-38)24-34(40)36-25-35-33-22-28(2)14-18-39(33)46(42(35)26-41(36)45)32-9-7-8-29(23-32)37-10-3-5-20-43-37/h3-26H,1-2H3. The smallest absolute Gasteiger partial charge is 0.0702 e. The van der Waals surface area contributed by atoms with Gasteiger partial charge >= 0.3 is 0 Å². The van der Waals surface area contributed by atoms with Crippen molar-refractivity contribution in [1.82, 2.24) is 19.1 Å². The van der Waals surface area contributed by atoms with E-state index in [1.807, 2.05) is 36.7 Å². The van der Waals surface area contributed by atoms with E-state index in [0.29, 0.717) is 0 Å². The molecule has 0 aliphatic carbocycles. The number of rotatable bonds is 4. The summed E-state index contributed by atoms with van der Waals surface area (Å²) >= 11 is 0. The maximum Gasteiger partial charge on any atom is 0.0702 e. The Hall–Kier alpha value is -6.00. The number of nitrogens with zero attached hydrogens (tertiary/aromatic N) is 4. The Bertz CT molecular complexity index is 2570. The average molecular weight is 591 g/mol. The summed E-state index contributed by atoms with van der Waals surface area (Å²) in [6.07, 6.45) is 3.71. The minimum atomic E-state index is 0.964. The molecule has 0 N–H and O–H groups in total. The van der Waals surface area contributed by atoms with Crippen LogP contribution in [0.15, 0.2) is 146 Å². The second kappa shape index (κ2) is 10.3. The topological polar surface area (TPSA) is 35.6 Å². The number of benzene rings is 5. The normalized spacial score (nSPS) is 11.7. The van der Waals surface area contributed by atoms with Crippen LogP contribution in [0.4, 0.5) is 0 Å². The van der Waals surface area contributed by atoms with Gasteiger partial charge in [-0.25, -0.2) is 0 Å². The molecule has 218 valence electrons. The molecular formula is C42H30N4. The third-order valence-corrected chi connectivity index (χ3v) is 9.12. The highest BCUT2D eigenvalue weighted by Gasteiger charge is 2.19. The van der Waals surface area contributed by atoms with E-state index in [9.17, 15) is 0 Å². The van der Waals surface area contributed by atoms with Crippen LogP contribution in [0, 0.1) is 13.8 Å². The number of pyridine rings is 2. The molecule has 0 unspecified atom stereocenters. The lowest BCUT2D eigenvalue weighted by molar-refractivity contribution is 1.16. The number of hydrogen-bond acceptors (Lipinski definition) is 2. The Morgan fingerprint density at radius 3 is 1.65 bits per heavy atom. The molecular weight excluding hydrogens is 560 g/mol. The van der Waals surface area contributed by atoms with Crippen molar-refractivity contribution in [3.8, 4) is 33.9 Å². The maximum absolute atomic E-state index is 4.66. The van der Waals surface area contributed by atoms with Gasteiger partial charge in [0.2, 0.25) is 0 Å². The minimum absolute atomic E-state index is 0.964. The molecule has 0 aliphatic rings. The van der Waals surface area contributed by atoms with Crippen LogP contribution in [-0.2, 0) is 0 Å². The molecule has 4 heteroatoms. The Balaban J connectivity index is 1.39. The molecule has 0 saturated heterocycles. The fourth-order valence-electron chi connectivity index (χ4n) is 6.93. The third kappa shape index (κ3) is 4.15. The zero-order valence-electron chi connectivity index (χ0n) is 25.6. The summed E-state index contributed by atoms with van der Waals surface area (Å²) < 4.78 is 4.82. The molecule has 0 saturated carbocycles. The van der Waals surface area contributed by atoms with Gasteiger partial charge in [-0.15, -0.1) is 0 Å². The second-order valence-corrected chi connectivity index (χ2v) is 12.1. The Labute approximate surface area is 266 Å². The number of fused-ring (bicyclic) bond motifs is 6. The predicted octanol–water partition coefficient (Wildman–Crippen LogP) is 10.6. The number of hydrogen-bond donors (Lipinski definition) is 0. The largest absolute Gasteiger partial charge is 0.309 e. The lowest BCUT2D eigenvalue weighted by atomic mass is 10.0. The lowest BCUT2D eigenvalue weighted by Crippen LogP contribution is -1.96. The Morgan fingerprint density at radius 2 is 0.978 bits per heavy atom. The molecule has 0 fully saturated rings. The quantitative estimate of drug-likeness (QED) is 0.204. The van der Waals surface area contributed by atoms with Crippen molar-refractivity contribution >= 4 is 43.6 Å². The van der Waals surface area contributed by atoms with Crippen molar-refractivity contribution in [1.29, 1.82) is 0 Å². The summed E-state index contributed by atoms with van der Waals surface area (Å²) in [4.78, 5) is 9.30. The number of aromatic nitrogens is 4. The molecule has 46 heavy (non-hydrogen) atoms. The lowest BCUT2D eigenvalue weighted by Gasteiger charge is -2.11. The van der Waals surface area contributed by atoms with Gasteiger partial charge in [0.25, 0.3) is 0 Å². The van der Waals surface area contributed by atoms with Crippen LogP contribution in [0.5, 0.6) is 0 Å². The van der Waals surface area contributed by atoms with Crippen molar-refractivity contribution in [2.75, 3.05) is 0 Å². The van der Waals surface area contributed by atoms with E-state index in [2.05, 4.69) is 142 Å². The Kier molecular flexibility index (Phi) is 5.90. The Morgan fingerprint density at radius 1 is 0.391 bits per heavy atom. The first-order chi connectivity index (χ1) is 22.6. The van der Waals surface area contributed by atoms with Crippen LogP contribution in [0.1, 0.15) is 11.1 Å². The molecule has 5 aromatic carbocycles.